The van der Waals surface area contributed by atoms with Crippen molar-refractivity contribution in [1.82, 2.24) is 10.2 Å². The number of hydrogen-bond acceptors (Lipinski definition) is 3. The summed E-state index contributed by atoms with van der Waals surface area (Å²) in [5, 5.41) is 13.0. The van der Waals surface area contributed by atoms with Crippen LogP contribution in [0.5, 0.6) is 0 Å². The predicted octanol–water partition coefficient (Wildman–Crippen LogP) is 2.59. The summed E-state index contributed by atoms with van der Waals surface area (Å²) < 4.78 is 0. The van der Waals surface area contributed by atoms with E-state index in [9.17, 15) is 9.90 Å². The largest absolute Gasteiger partial charge is 0.481 e. The van der Waals surface area contributed by atoms with Crippen molar-refractivity contribution in [1.29, 1.82) is 0 Å². The minimum Gasteiger partial charge on any atom is -0.481 e. The molecule has 0 amide bonds. The second-order valence-electron chi connectivity index (χ2n) is 7.37. The molecule has 1 aliphatic carbocycles. The lowest BCUT2D eigenvalue weighted by molar-refractivity contribution is -0.144. The second-order valence-corrected chi connectivity index (χ2v) is 7.37. The van der Waals surface area contributed by atoms with E-state index in [0.717, 1.165) is 31.7 Å². The SMILES string of the molecule is CC(C)CN1CCC(NCC2CCCCC2C(=O)O)CC1. The molecule has 1 aliphatic heterocycles. The minimum atomic E-state index is -0.590. The van der Waals surface area contributed by atoms with Gasteiger partial charge in [-0.2, -0.15) is 0 Å². The molecular formula is C17H32N2O2. The fourth-order valence-corrected chi connectivity index (χ4v) is 3.93. The van der Waals surface area contributed by atoms with E-state index in [1.54, 1.807) is 0 Å². The van der Waals surface area contributed by atoms with Gasteiger partial charge in [-0.05, 0) is 57.2 Å². The monoisotopic (exact) mass is 296 g/mol. The topological polar surface area (TPSA) is 52.6 Å². The van der Waals surface area contributed by atoms with E-state index in [1.807, 2.05) is 0 Å². The summed E-state index contributed by atoms with van der Waals surface area (Å²) in [5.74, 6) is 0.374. The quantitative estimate of drug-likeness (QED) is 0.791. The highest BCUT2D eigenvalue weighted by molar-refractivity contribution is 5.70. The molecule has 1 saturated carbocycles. The Morgan fingerprint density at radius 2 is 1.86 bits per heavy atom. The van der Waals surface area contributed by atoms with Crippen LogP contribution in [0.25, 0.3) is 0 Å². The van der Waals surface area contributed by atoms with E-state index in [0.29, 0.717) is 12.0 Å². The highest BCUT2D eigenvalue weighted by Gasteiger charge is 2.31. The van der Waals surface area contributed by atoms with Crippen LogP contribution in [0.1, 0.15) is 52.4 Å². The smallest absolute Gasteiger partial charge is 0.306 e. The Morgan fingerprint density at radius 3 is 2.48 bits per heavy atom. The fourth-order valence-electron chi connectivity index (χ4n) is 3.93. The molecular weight excluding hydrogens is 264 g/mol. The second kappa shape index (κ2) is 8.14. The number of carboxylic acids is 1. The maximum absolute atomic E-state index is 11.3. The van der Waals surface area contributed by atoms with Crippen LogP contribution in [-0.2, 0) is 4.79 Å². The fraction of sp³-hybridized carbons (Fsp3) is 0.941. The van der Waals surface area contributed by atoms with E-state index >= 15 is 0 Å². The van der Waals surface area contributed by atoms with Crippen LogP contribution >= 0.6 is 0 Å². The number of aliphatic carboxylic acids is 1. The zero-order chi connectivity index (χ0) is 15.2. The van der Waals surface area contributed by atoms with Crippen molar-refractivity contribution in [3.8, 4) is 0 Å². The molecule has 0 aromatic heterocycles. The molecule has 4 nitrogen and oxygen atoms in total. The van der Waals surface area contributed by atoms with Crippen molar-refractivity contribution in [2.45, 2.75) is 58.4 Å². The summed E-state index contributed by atoms with van der Waals surface area (Å²) in [6, 6.07) is 0.588. The molecule has 2 unspecified atom stereocenters. The molecule has 2 aliphatic rings. The van der Waals surface area contributed by atoms with Gasteiger partial charge in [-0.25, -0.2) is 0 Å². The normalized spacial score (nSPS) is 28.9. The molecule has 122 valence electrons. The first-order valence-corrected chi connectivity index (χ1v) is 8.74. The van der Waals surface area contributed by atoms with Crippen molar-refractivity contribution in [2.24, 2.45) is 17.8 Å². The number of nitrogens with zero attached hydrogens (tertiary/aromatic N) is 1. The van der Waals surface area contributed by atoms with Gasteiger partial charge in [0.1, 0.15) is 0 Å². The van der Waals surface area contributed by atoms with Crippen molar-refractivity contribution in [2.75, 3.05) is 26.2 Å². The average molecular weight is 296 g/mol. The van der Waals surface area contributed by atoms with Gasteiger partial charge in [0.05, 0.1) is 5.92 Å². The third-order valence-electron chi connectivity index (χ3n) is 5.11. The molecule has 1 saturated heterocycles. The van der Waals surface area contributed by atoms with E-state index in [2.05, 4.69) is 24.1 Å². The predicted molar refractivity (Wildman–Crippen MR) is 85.4 cm³/mol. The highest BCUT2D eigenvalue weighted by atomic mass is 16.4. The summed E-state index contributed by atoms with van der Waals surface area (Å²) >= 11 is 0. The average Bonchev–Trinajstić information content (AvgIpc) is 2.46. The van der Waals surface area contributed by atoms with Gasteiger partial charge < -0.3 is 15.3 Å². The van der Waals surface area contributed by atoms with Crippen LogP contribution in [0.4, 0.5) is 0 Å². The zero-order valence-corrected chi connectivity index (χ0v) is 13.7. The third-order valence-corrected chi connectivity index (χ3v) is 5.11. The number of hydrogen-bond donors (Lipinski definition) is 2. The van der Waals surface area contributed by atoms with Crippen LogP contribution < -0.4 is 5.32 Å². The van der Waals surface area contributed by atoms with Crippen molar-refractivity contribution in [3.63, 3.8) is 0 Å². The van der Waals surface area contributed by atoms with Gasteiger partial charge in [-0.3, -0.25) is 4.79 Å². The minimum absolute atomic E-state index is 0.118. The van der Waals surface area contributed by atoms with E-state index < -0.39 is 5.97 Å². The van der Waals surface area contributed by atoms with Gasteiger partial charge in [-0.15, -0.1) is 0 Å². The van der Waals surface area contributed by atoms with Gasteiger partial charge >= 0.3 is 5.97 Å². The van der Waals surface area contributed by atoms with E-state index in [4.69, 9.17) is 0 Å². The third kappa shape index (κ3) is 5.26. The zero-order valence-electron chi connectivity index (χ0n) is 13.7. The van der Waals surface area contributed by atoms with Gasteiger partial charge in [0.15, 0.2) is 0 Å². The Labute approximate surface area is 129 Å². The van der Waals surface area contributed by atoms with Gasteiger partial charge in [0.2, 0.25) is 0 Å². The molecule has 2 fully saturated rings. The Kier molecular flexibility index (Phi) is 6.49. The van der Waals surface area contributed by atoms with Crippen molar-refractivity contribution < 1.29 is 9.90 Å². The maximum atomic E-state index is 11.3. The molecule has 0 bridgehead atoms. The standard InChI is InChI=1S/C17H32N2O2/c1-13(2)12-19-9-7-15(8-10-19)18-11-14-5-3-4-6-16(14)17(20)21/h13-16,18H,3-12H2,1-2H3,(H,20,21). The molecule has 0 spiro atoms. The summed E-state index contributed by atoms with van der Waals surface area (Å²) in [4.78, 5) is 13.9. The lowest BCUT2D eigenvalue weighted by atomic mass is 9.79. The molecule has 2 N–H and O–H groups in total. The van der Waals surface area contributed by atoms with Crippen molar-refractivity contribution >= 4 is 5.97 Å². The molecule has 4 heteroatoms. The summed E-state index contributed by atoms with van der Waals surface area (Å²) in [5.41, 5.74) is 0. The molecule has 2 rings (SSSR count). The lowest BCUT2D eigenvalue weighted by Gasteiger charge is -2.35. The van der Waals surface area contributed by atoms with Crippen molar-refractivity contribution in [3.05, 3.63) is 0 Å². The molecule has 21 heavy (non-hydrogen) atoms. The Bertz CT molecular complexity index is 325. The van der Waals surface area contributed by atoms with Gasteiger partial charge in [-0.1, -0.05) is 26.7 Å². The van der Waals surface area contributed by atoms with Crippen LogP contribution in [0.15, 0.2) is 0 Å². The Hall–Kier alpha value is -0.610. The Morgan fingerprint density at radius 1 is 1.19 bits per heavy atom. The molecule has 1 heterocycles. The van der Waals surface area contributed by atoms with Crippen LogP contribution in [-0.4, -0.2) is 48.2 Å². The number of piperidine rings is 1. The summed E-state index contributed by atoms with van der Waals surface area (Å²) in [6.45, 7) is 9.02. The number of carboxylic acid groups (broad SMARTS) is 1. The molecule has 2 atom stereocenters. The van der Waals surface area contributed by atoms with Crippen LogP contribution in [0.3, 0.4) is 0 Å². The Balaban J connectivity index is 1.70. The number of nitrogens with one attached hydrogen (secondary N) is 1. The number of rotatable bonds is 6. The highest BCUT2D eigenvalue weighted by Crippen LogP contribution is 2.30. The number of carbonyl (C=O) groups is 1. The lowest BCUT2D eigenvalue weighted by Crippen LogP contribution is -2.46. The summed E-state index contributed by atoms with van der Waals surface area (Å²) in [6.07, 6.45) is 6.64. The number of likely N-dealkylation sites (tertiary alicyclic amines) is 1. The molecule has 0 radical (unpaired) electrons. The first kappa shape index (κ1) is 16.8. The first-order chi connectivity index (χ1) is 10.1. The maximum Gasteiger partial charge on any atom is 0.306 e. The van der Waals surface area contributed by atoms with E-state index in [-0.39, 0.29) is 5.92 Å². The van der Waals surface area contributed by atoms with E-state index in [1.165, 1.54) is 38.9 Å². The van der Waals surface area contributed by atoms with Crippen LogP contribution in [0.2, 0.25) is 0 Å². The first-order valence-electron chi connectivity index (χ1n) is 8.74. The molecule has 0 aromatic rings. The van der Waals surface area contributed by atoms with Gasteiger partial charge in [0, 0.05) is 12.6 Å². The van der Waals surface area contributed by atoms with Crippen LogP contribution in [0, 0.1) is 17.8 Å². The van der Waals surface area contributed by atoms with Gasteiger partial charge in [0.25, 0.3) is 0 Å². The summed E-state index contributed by atoms with van der Waals surface area (Å²) in [7, 11) is 0. The molecule has 0 aromatic carbocycles.